The molecule has 1 heterocycles. The van der Waals surface area contributed by atoms with Crippen molar-refractivity contribution < 1.29 is 14.3 Å². The van der Waals surface area contributed by atoms with Crippen LogP contribution in [0.15, 0.2) is 29.3 Å². The van der Waals surface area contributed by atoms with Crippen molar-refractivity contribution in [3.05, 3.63) is 35.4 Å². The Bertz CT molecular complexity index is 670. The number of carbonyl (C=O) groups excluding carboxylic acids is 1. The molecule has 7 nitrogen and oxygen atoms in total. The van der Waals surface area contributed by atoms with Gasteiger partial charge in [-0.2, -0.15) is 0 Å². The third kappa shape index (κ3) is 8.03. The van der Waals surface area contributed by atoms with E-state index >= 15 is 0 Å². The number of rotatable bonds is 10. The summed E-state index contributed by atoms with van der Waals surface area (Å²) in [4.78, 5) is 16.3. The molecule has 2 aliphatic rings. The molecule has 1 saturated heterocycles. The first-order valence-electron chi connectivity index (χ1n) is 10.8. The highest BCUT2D eigenvalue weighted by Gasteiger charge is 2.28. The minimum atomic E-state index is 0.175. The van der Waals surface area contributed by atoms with Gasteiger partial charge in [0.15, 0.2) is 5.96 Å². The van der Waals surface area contributed by atoms with Crippen LogP contribution in [0.1, 0.15) is 43.7 Å². The number of amides is 1. The summed E-state index contributed by atoms with van der Waals surface area (Å²) in [7, 11) is 0. The quantitative estimate of drug-likeness (QED) is 0.317. The highest BCUT2D eigenvalue weighted by molar-refractivity contribution is 5.81. The van der Waals surface area contributed by atoms with E-state index in [0.29, 0.717) is 32.3 Å². The van der Waals surface area contributed by atoms with Gasteiger partial charge in [-0.15, -0.1) is 0 Å². The maximum absolute atomic E-state index is 11.7. The first-order chi connectivity index (χ1) is 14.2. The molecule has 0 atom stereocenters. The molecule has 29 heavy (non-hydrogen) atoms. The summed E-state index contributed by atoms with van der Waals surface area (Å²) in [6.45, 7) is 6.91. The molecule has 1 aromatic rings. The summed E-state index contributed by atoms with van der Waals surface area (Å²) in [6.07, 6.45) is 4.31. The summed E-state index contributed by atoms with van der Waals surface area (Å²) in [5.41, 5.74) is 2.32. The molecule has 160 valence electrons. The molecular formula is C22H34N4O3. The number of hydrogen-bond acceptors (Lipinski definition) is 4. The van der Waals surface area contributed by atoms with Crippen LogP contribution in [0.2, 0.25) is 0 Å². The molecule has 1 amide bonds. The van der Waals surface area contributed by atoms with Crippen LogP contribution in [0.25, 0.3) is 0 Å². The number of ether oxygens (including phenoxy) is 2. The van der Waals surface area contributed by atoms with Gasteiger partial charge in [-0.05, 0) is 43.7 Å². The molecule has 0 aromatic heterocycles. The van der Waals surface area contributed by atoms with Crippen molar-refractivity contribution in [3.63, 3.8) is 0 Å². The molecular weight excluding hydrogens is 368 g/mol. The van der Waals surface area contributed by atoms with Crippen LogP contribution in [-0.4, -0.2) is 50.8 Å². The Hall–Kier alpha value is -2.12. The van der Waals surface area contributed by atoms with E-state index in [4.69, 9.17) is 9.47 Å². The fourth-order valence-corrected chi connectivity index (χ4v) is 3.24. The number of nitrogens with one attached hydrogen (secondary N) is 3. The zero-order valence-corrected chi connectivity index (χ0v) is 17.4. The van der Waals surface area contributed by atoms with E-state index in [1.807, 2.05) is 6.92 Å². The van der Waals surface area contributed by atoms with E-state index in [9.17, 15) is 4.79 Å². The summed E-state index contributed by atoms with van der Waals surface area (Å²) in [5.74, 6) is 1.19. The SMILES string of the molecule is CCNC(=NCc1cccc(COC2CCOCC2)c1)NCCNC(=O)C1CC1. The average molecular weight is 403 g/mol. The topological polar surface area (TPSA) is 84.0 Å². The molecule has 0 spiro atoms. The van der Waals surface area contributed by atoms with Crippen molar-refractivity contribution in [1.29, 1.82) is 0 Å². The highest BCUT2D eigenvalue weighted by atomic mass is 16.5. The maximum atomic E-state index is 11.7. The number of guanidine groups is 1. The second-order valence-electron chi connectivity index (χ2n) is 7.63. The van der Waals surface area contributed by atoms with Crippen LogP contribution in [0, 0.1) is 5.92 Å². The van der Waals surface area contributed by atoms with Crippen LogP contribution >= 0.6 is 0 Å². The monoisotopic (exact) mass is 402 g/mol. The molecule has 7 heteroatoms. The number of aliphatic imine (C=N–C) groups is 1. The molecule has 1 aliphatic heterocycles. The van der Waals surface area contributed by atoms with Crippen LogP contribution in [0.4, 0.5) is 0 Å². The Morgan fingerprint density at radius 3 is 2.62 bits per heavy atom. The first kappa shape index (κ1) is 21.6. The lowest BCUT2D eigenvalue weighted by molar-refractivity contribution is -0.122. The van der Waals surface area contributed by atoms with Gasteiger partial charge in [0.2, 0.25) is 5.91 Å². The van der Waals surface area contributed by atoms with Crippen molar-refractivity contribution in [2.75, 3.05) is 32.8 Å². The standard InChI is InChI=1S/C22H34N4O3/c1-2-23-22(25-11-10-24-21(27)19-6-7-19)26-15-17-4-3-5-18(14-17)16-29-20-8-12-28-13-9-20/h3-5,14,19-20H,2,6-13,15-16H2,1H3,(H,24,27)(H2,23,25,26). The Balaban J connectivity index is 1.43. The molecule has 0 bridgehead atoms. The minimum absolute atomic E-state index is 0.175. The fourth-order valence-electron chi connectivity index (χ4n) is 3.24. The molecule has 0 unspecified atom stereocenters. The molecule has 2 fully saturated rings. The van der Waals surface area contributed by atoms with E-state index in [1.165, 1.54) is 5.56 Å². The van der Waals surface area contributed by atoms with Gasteiger partial charge in [0.25, 0.3) is 0 Å². The van der Waals surface area contributed by atoms with Gasteiger partial charge in [-0.25, -0.2) is 4.99 Å². The maximum Gasteiger partial charge on any atom is 0.223 e. The Morgan fingerprint density at radius 2 is 1.86 bits per heavy atom. The van der Waals surface area contributed by atoms with Gasteiger partial charge in [-0.3, -0.25) is 4.79 Å². The summed E-state index contributed by atoms with van der Waals surface area (Å²) in [6, 6.07) is 8.39. The van der Waals surface area contributed by atoms with Gasteiger partial charge in [0.05, 0.1) is 19.3 Å². The summed E-state index contributed by atoms with van der Waals surface area (Å²) < 4.78 is 11.4. The fraction of sp³-hybridized carbons (Fsp3) is 0.636. The molecule has 3 N–H and O–H groups in total. The Labute approximate surface area is 173 Å². The lowest BCUT2D eigenvalue weighted by Gasteiger charge is -2.22. The normalized spacial score (nSPS) is 17.8. The highest BCUT2D eigenvalue weighted by Crippen LogP contribution is 2.28. The first-order valence-corrected chi connectivity index (χ1v) is 10.8. The number of benzene rings is 1. The van der Waals surface area contributed by atoms with Crippen LogP contribution in [0.5, 0.6) is 0 Å². The van der Waals surface area contributed by atoms with Crippen molar-refractivity contribution in [1.82, 2.24) is 16.0 Å². The van der Waals surface area contributed by atoms with Crippen LogP contribution in [-0.2, 0) is 27.4 Å². The predicted molar refractivity (Wildman–Crippen MR) is 114 cm³/mol. The molecule has 1 aliphatic carbocycles. The lowest BCUT2D eigenvalue weighted by atomic mass is 10.1. The van der Waals surface area contributed by atoms with Gasteiger partial charge >= 0.3 is 0 Å². The number of carbonyl (C=O) groups is 1. The van der Waals surface area contributed by atoms with Crippen molar-refractivity contribution in [2.24, 2.45) is 10.9 Å². The minimum Gasteiger partial charge on any atom is -0.381 e. The van der Waals surface area contributed by atoms with Gasteiger partial charge in [0.1, 0.15) is 0 Å². The number of nitrogens with zero attached hydrogens (tertiary/aromatic N) is 1. The van der Waals surface area contributed by atoms with Gasteiger partial charge in [-0.1, -0.05) is 24.3 Å². The van der Waals surface area contributed by atoms with Gasteiger partial charge < -0.3 is 25.4 Å². The van der Waals surface area contributed by atoms with E-state index in [0.717, 1.165) is 57.0 Å². The van der Waals surface area contributed by atoms with Crippen molar-refractivity contribution in [2.45, 2.75) is 51.9 Å². The van der Waals surface area contributed by atoms with E-state index in [2.05, 4.69) is 45.2 Å². The zero-order chi connectivity index (χ0) is 20.3. The van der Waals surface area contributed by atoms with Gasteiger partial charge in [0, 0.05) is 38.8 Å². The summed E-state index contributed by atoms with van der Waals surface area (Å²) in [5, 5.41) is 9.48. The Morgan fingerprint density at radius 1 is 1.10 bits per heavy atom. The molecule has 1 saturated carbocycles. The van der Waals surface area contributed by atoms with E-state index in [-0.39, 0.29) is 11.8 Å². The van der Waals surface area contributed by atoms with Crippen molar-refractivity contribution in [3.8, 4) is 0 Å². The molecule has 1 aromatic carbocycles. The largest absolute Gasteiger partial charge is 0.381 e. The van der Waals surface area contributed by atoms with E-state index in [1.54, 1.807) is 0 Å². The second-order valence-corrected chi connectivity index (χ2v) is 7.63. The number of hydrogen-bond donors (Lipinski definition) is 3. The lowest BCUT2D eigenvalue weighted by Crippen LogP contribution is -2.41. The zero-order valence-electron chi connectivity index (χ0n) is 17.4. The average Bonchev–Trinajstić information content (AvgIpc) is 3.60. The third-order valence-corrected chi connectivity index (χ3v) is 5.07. The molecule has 3 rings (SSSR count). The van der Waals surface area contributed by atoms with E-state index < -0.39 is 0 Å². The predicted octanol–water partition coefficient (Wildman–Crippen LogP) is 1.96. The second kappa shape index (κ2) is 11.8. The summed E-state index contributed by atoms with van der Waals surface area (Å²) >= 11 is 0. The molecule has 0 radical (unpaired) electrons. The van der Waals surface area contributed by atoms with Crippen molar-refractivity contribution >= 4 is 11.9 Å². The Kier molecular flexibility index (Phi) is 8.77. The van der Waals surface area contributed by atoms with Crippen LogP contribution in [0.3, 0.4) is 0 Å². The third-order valence-electron chi connectivity index (χ3n) is 5.07. The smallest absolute Gasteiger partial charge is 0.223 e. The van der Waals surface area contributed by atoms with Crippen LogP contribution < -0.4 is 16.0 Å².